The first-order valence-corrected chi connectivity index (χ1v) is 13.4. The molecule has 0 aromatic heterocycles. The van der Waals surface area contributed by atoms with Gasteiger partial charge >= 0.3 is 11.9 Å². The Bertz CT molecular complexity index is 1080. The van der Waals surface area contributed by atoms with Crippen molar-refractivity contribution in [2.75, 3.05) is 13.2 Å². The highest BCUT2D eigenvalue weighted by Gasteiger charge is 2.44. The van der Waals surface area contributed by atoms with Crippen molar-refractivity contribution in [1.29, 1.82) is 0 Å². The number of nitrogens with one attached hydrogen (secondary N) is 1. The summed E-state index contributed by atoms with van der Waals surface area (Å²) in [5.41, 5.74) is 1.08. The highest BCUT2D eigenvalue weighted by Crippen LogP contribution is 2.47. The molecular formula is C18H24N2O9S3. The Morgan fingerprint density at radius 2 is 1.91 bits per heavy atom. The van der Waals surface area contributed by atoms with E-state index in [1.165, 1.54) is 6.08 Å². The number of carboxylic acids is 2. The fourth-order valence-electron chi connectivity index (χ4n) is 3.14. The summed E-state index contributed by atoms with van der Waals surface area (Å²) in [5.74, 6) is -2.51. The molecule has 178 valence electrons. The first-order valence-electron chi connectivity index (χ1n) is 9.45. The number of carboxylic acid groups (broad SMARTS) is 2. The van der Waals surface area contributed by atoms with Crippen LogP contribution in [-0.4, -0.2) is 62.8 Å². The summed E-state index contributed by atoms with van der Waals surface area (Å²) in [7, 11) is -7.60. The van der Waals surface area contributed by atoms with E-state index in [1.54, 1.807) is 6.08 Å². The van der Waals surface area contributed by atoms with Crippen molar-refractivity contribution in [3.8, 4) is 0 Å². The minimum absolute atomic E-state index is 0.104. The second-order valence-corrected chi connectivity index (χ2v) is 12.2. The monoisotopic (exact) mass is 508 g/mol. The Morgan fingerprint density at radius 1 is 1.28 bits per heavy atom. The SMILES string of the molecule is CCNC1=C2C=C(S(N)(=O)=O)SC2S(=O)(=O)C(CC2CCCO2)=C1.O=C(O)C=CC(=O)O. The Hall–Kier alpha value is -2.13. The van der Waals surface area contributed by atoms with Gasteiger partial charge in [0.05, 0.1) is 11.0 Å². The van der Waals surface area contributed by atoms with Crippen LogP contribution >= 0.6 is 11.8 Å². The van der Waals surface area contributed by atoms with Crippen molar-refractivity contribution in [2.24, 2.45) is 5.14 Å². The zero-order valence-corrected chi connectivity index (χ0v) is 19.5. The van der Waals surface area contributed by atoms with Crippen molar-refractivity contribution in [3.05, 3.63) is 44.7 Å². The van der Waals surface area contributed by atoms with Crippen molar-refractivity contribution < 1.29 is 41.4 Å². The number of fused-ring (bicyclic) bond motifs is 1. The van der Waals surface area contributed by atoms with Crippen molar-refractivity contribution in [2.45, 2.75) is 36.9 Å². The summed E-state index contributed by atoms with van der Waals surface area (Å²) >= 11 is 0.780. The summed E-state index contributed by atoms with van der Waals surface area (Å²) in [5, 5.41) is 23.9. The molecule has 2 atom stereocenters. The second kappa shape index (κ2) is 10.7. The van der Waals surface area contributed by atoms with Crippen LogP contribution in [0.3, 0.4) is 0 Å². The third-order valence-corrected chi connectivity index (χ3v) is 9.85. The number of allylic oxidation sites excluding steroid dienone is 2. The summed E-state index contributed by atoms with van der Waals surface area (Å²) in [6.45, 7) is 3.14. The van der Waals surface area contributed by atoms with Crippen LogP contribution < -0.4 is 10.5 Å². The number of thioether (sulfide) groups is 1. The van der Waals surface area contributed by atoms with Gasteiger partial charge in [0.2, 0.25) is 10.0 Å². The molecule has 3 rings (SSSR count). The number of sulfone groups is 1. The molecule has 3 aliphatic heterocycles. The molecule has 0 aromatic carbocycles. The van der Waals surface area contributed by atoms with Crippen LogP contribution in [-0.2, 0) is 34.2 Å². The number of nitrogens with two attached hydrogens (primary N) is 1. The fourth-order valence-corrected chi connectivity index (χ4v) is 7.86. The van der Waals surface area contributed by atoms with Gasteiger partial charge in [-0.05, 0) is 31.9 Å². The van der Waals surface area contributed by atoms with Gasteiger partial charge in [0, 0.05) is 43.0 Å². The number of primary sulfonamides is 1. The van der Waals surface area contributed by atoms with Crippen LogP contribution in [0.2, 0.25) is 0 Å². The molecule has 5 N–H and O–H groups in total. The molecule has 3 aliphatic rings. The molecule has 0 spiro atoms. The Balaban J connectivity index is 0.000000390. The highest BCUT2D eigenvalue weighted by molar-refractivity contribution is 8.25. The van der Waals surface area contributed by atoms with Crippen molar-refractivity contribution in [1.82, 2.24) is 5.32 Å². The average Bonchev–Trinajstić information content (AvgIpc) is 3.35. The van der Waals surface area contributed by atoms with E-state index in [2.05, 4.69) is 5.32 Å². The van der Waals surface area contributed by atoms with Gasteiger partial charge in [-0.1, -0.05) is 11.8 Å². The number of aliphatic carboxylic acids is 2. The highest BCUT2D eigenvalue weighted by atomic mass is 32.3. The molecule has 0 amide bonds. The molecule has 0 bridgehead atoms. The van der Waals surface area contributed by atoms with Gasteiger partial charge in [-0.2, -0.15) is 0 Å². The Kier molecular flexibility index (Phi) is 8.70. The van der Waals surface area contributed by atoms with Crippen LogP contribution in [0, 0.1) is 0 Å². The number of sulfonamides is 1. The molecule has 32 heavy (non-hydrogen) atoms. The van der Waals surface area contributed by atoms with Gasteiger partial charge in [-0.25, -0.2) is 31.6 Å². The number of carbonyl (C=O) groups is 2. The predicted octanol–water partition coefficient (Wildman–Crippen LogP) is 0.646. The molecular weight excluding hydrogens is 484 g/mol. The van der Waals surface area contributed by atoms with E-state index in [9.17, 15) is 26.4 Å². The predicted molar refractivity (Wildman–Crippen MR) is 118 cm³/mol. The van der Waals surface area contributed by atoms with Gasteiger partial charge in [0.15, 0.2) is 9.84 Å². The summed E-state index contributed by atoms with van der Waals surface area (Å²) in [6, 6.07) is 0. The van der Waals surface area contributed by atoms with E-state index < -0.39 is 36.4 Å². The molecule has 0 radical (unpaired) electrons. The fraction of sp³-hybridized carbons (Fsp3) is 0.444. The smallest absolute Gasteiger partial charge is 0.328 e. The van der Waals surface area contributed by atoms with E-state index in [-0.39, 0.29) is 15.2 Å². The zero-order chi connectivity index (χ0) is 24.1. The maximum Gasteiger partial charge on any atom is 0.328 e. The maximum atomic E-state index is 12.9. The molecule has 0 aliphatic carbocycles. The number of ether oxygens (including phenoxy) is 1. The van der Waals surface area contributed by atoms with Crippen LogP contribution in [0.15, 0.2) is 44.7 Å². The zero-order valence-electron chi connectivity index (χ0n) is 17.1. The first kappa shape index (κ1) is 26.1. The topological polar surface area (TPSA) is 190 Å². The standard InChI is InChI=1S/C14H20N2O5S3.C4H4O4/c1-2-16-12-7-10(6-9-4-3-5-21-9)23(17,18)14-11(12)8-13(22-14)24(15,19)20;5-3(6)1-2-4(7)8/h7-9,14,16H,2-6H2,1H3,(H2,15,19,20);1-2H,(H,5,6)(H,7,8). The molecule has 11 nitrogen and oxygen atoms in total. The van der Waals surface area contributed by atoms with Gasteiger partial charge in [-0.15, -0.1) is 0 Å². The number of hydrogen-bond donors (Lipinski definition) is 4. The Morgan fingerprint density at radius 3 is 2.38 bits per heavy atom. The maximum absolute atomic E-state index is 12.9. The van der Waals surface area contributed by atoms with Crippen LogP contribution in [0.1, 0.15) is 26.2 Å². The van der Waals surface area contributed by atoms with Crippen molar-refractivity contribution in [3.63, 3.8) is 0 Å². The number of rotatable bonds is 7. The van der Waals surface area contributed by atoms with E-state index in [0.717, 1.165) is 24.6 Å². The molecule has 2 unspecified atom stereocenters. The summed E-state index contributed by atoms with van der Waals surface area (Å²) in [6.07, 6.45) is 6.05. The van der Waals surface area contributed by atoms with E-state index >= 15 is 0 Å². The van der Waals surface area contributed by atoms with E-state index in [0.29, 0.717) is 43.0 Å². The van der Waals surface area contributed by atoms with Gasteiger partial charge < -0.3 is 20.3 Å². The lowest BCUT2D eigenvalue weighted by atomic mass is 10.1. The summed E-state index contributed by atoms with van der Waals surface area (Å²) in [4.78, 5) is 19.4. The molecule has 3 heterocycles. The molecule has 1 fully saturated rings. The lowest BCUT2D eigenvalue weighted by Gasteiger charge is -2.25. The van der Waals surface area contributed by atoms with Crippen LogP contribution in [0.4, 0.5) is 0 Å². The minimum Gasteiger partial charge on any atom is -0.478 e. The van der Waals surface area contributed by atoms with Crippen LogP contribution in [0.5, 0.6) is 0 Å². The van der Waals surface area contributed by atoms with Crippen molar-refractivity contribution >= 4 is 43.6 Å². The largest absolute Gasteiger partial charge is 0.478 e. The lowest BCUT2D eigenvalue weighted by molar-refractivity contribution is -0.134. The van der Waals surface area contributed by atoms with Gasteiger partial charge in [0.25, 0.3) is 0 Å². The molecule has 0 aromatic rings. The third kappa shape index (κ3) is 6.68. The third-order valence-electron chi connectivity index (χ3n) is 4.48. The molecule has 0 saturated carbocycles. The number of likely N-dealkylation sites (N-methyl/N-ethyl adjacent to an activating group) is 1. The quantitative estimate of drug-likeness (QED) is 0.353. The molecule has 1 saturated heterocycles. The van der Waals surface area contributed by atoms with E-state index in [1.807, 2.05) is 6.92 Å². The number of hydrogen-bond acceptors (Lipinski definition) is 9. The first-order chi connectivity index (χ1) is 14.9. The summed E-state index contributed by atoms with van der Waals surface area (Å²) < 4.78 is 53.6. The molecule has 14 heteroatoms. The van der Waals surface area contributed by atoms with Gasteiger partial charge in [-0.3, -0.25) is 0 Å². The minimum atomic E-state index is -3.94. The van der Waals surface area contributed by atoms with E-state index in [4.69, 9.17) is 20.1 Å². The average molecular weight is 509 g/mol. The normalized spacial score (nSPS) is 24.3. The second-order valence-electron chi connectivity index (χ2n) is 6.86. The lowest BCUT2D eigenvalue weighted by Crippen LogP contribution is -2.29. The van der Waals surface area contributed by atoms with Crippen LogP contribution in [0.25, 0.3) is 0 Å². The Labute approximate surface area is 190 Å². The van der Waals surface area contributed by atoms with Gasteiger partial charge in [0.1, 0.15) is 8.82 Å².